The molecule has 3 rings (SSSR count). The highest BCUT2D eigenvalue weighted by Gasteiger charge is 2.08. The van der Waals surface area contributed by atoms with Crippen molar-refractivity contribution in [3.8, 4) is 0 Å². The lowest BCUT2D eigenvalue weighted by molar-refractivity contribution is 0.702. The first-order valence-corrected chi connectivity index (χ1v) is 5.48. The number of rotatable bonds is 2. The van der Waals surface area contributed by atoms with Gasteiger partial charge in [-0.15, -0.1) is 0 Å². The standard InChI is InChI=1S/C12H11N5O/c13-16-8-14-11-10(12(16)18)6-15-17(11)7-9-4-2-1-3-5-9/h1-6,8H,7,13H2. The van der Waals surface area contributed by atoms with E-state index in [1.807, 2.05) is 30.3 Å². The average molecular weight is 241 g/mol. The lowest BCUT2D eigenvalue weighted by atomic mass is 10.2. The van der Waals surface area contributed by atoms with Crippen LogP contribution in [0.1, 0.15) is 5.56 Å². The Balaban J connectivity index is 2.09. The predicted molar refractivity (Wildman–Crippen MR) is 67.5 cm³/mol. The zero-order valence-electron chi connectivity index (χ0n) is 9.52. The number of fused-ring (bicyclic) bond motifs is 1. The number of aromatic nitrogens is 4. The minimum atomic E-state index is -0.292. The Morgan fingerprint density at radius 3 is 2.78 bits per heavy atom. The molecule has 0 spiro atoms. The molecule has 0 atom stereocenters. The summed E-state index contributed by atoms with van der Waals surface area (Å²) in [4.78, 5) is 15.9. The number of hydrogen-bond acceptors (Lipinski definition) is 4. The van der Waals surface area contributed by atoms with E-state index in [0.29, 0.717) is 17.6 Å². The van der Waals surface area contributed by atoms with E-state index in [9.17, 15) is 4.79 Å². The summed E-state index contributed by atoms with van der Waals surface area (Å²) < 4.78 is 2.64. The SMILES string of the molecule is Nn1cnc2c(cnn2Cc2ccccc2)c1=O. The summed E-state index contributed by atoms with van der Waals surface area (Å²) in [5.41, 5.74) is 1.35. The van der Waals surface area contributed by atoms with Crippen molar-refractivity contribution >= 4 is 11.0 Å². The molecule has 2 N–H and O–H groups in total. The topological polar surface area (TPSA) is 78.7 Å². The van der Waals surface area contributed by atoms with Crippen LogP contribution in [0.2, 0.25) is 0 Å². The first-order chi connectivity index (χ1) is 8.75. The van der Waals surface area contributed by atoms with Gasteiger partial charge in [0.05, 0.1) is 12.7 Å². The van der Waals surface area contributed by atoms with Crippen molar-refractivity contribution in [3.63, 3.8) is 0 Å². The molecule has 0 saturated carbocycles. The van der Waals surface area contributed by atoms with Gasteiger partial charge >= 0.3 is 0 Å². The van der Waals surface area contributed by atoms with Crippen molar-refractivity contribution in [2.24, 2.45) is 0 Å². The van der Waals surface area contributed by atoms with Crippen LogP contribution in [0.25, 0.3) is 11.0 Å². The van der Waals surface area contributed by atoms with E-state index >= 15 is 0 Å². The highest BCUT2D eigenvalue weighted by atomic mass is 16.1. The molecule has 18 heavy (non-hydrogen) atoms. The Hall–Kier alpha value is -2.63. The summed E-state index contributed by atoms with van der Waals surface area (Å²) in [6.45, 7) is 0.575. The molecule has 0 aliphatic carbocycles. The molecule has 6 nitrogen and oxygen atoms in total. The van der Waals surface area contributed by atoms with Gasteiger partial charge in [-0.25, -0.2) is 14.3 Å². The summed E-state index contributed by atoms with van der Waals surface area (Å²) in [6.07, 6.45) is 2.80. The van der Waals surface area contributed by atoms with E-state index in [1.54, 1.807) is 4.68 Å². The normalized spacial score (nSPS) is 10.9. The highest BCUT2D eigenvalue weighted by Crippen LogP contribution is 2.08. The Kier molecular flexibility index (Phi) is 2.33. The van der Waals surface area contributed by atoms with E-state index in [4.69, 9.17) is 5.84 Å². The summed E-state index contributed by atoms with van der Waals surface area (Å²) in [6, 6.07) is 9.87. The van der Waals surface area contributed by atoms with Crippen molar-refractivity contribution in [1.29, 1.82) is 0 Å². The van der Waals surface area contributed by atoms with Crippen LogP contribution in [0.3, 0.4) is 0 Å². The van der Waals surface area contributed by atoms with Crippen molar-refractivity contribution in [3.05, 3.63) is 58.8 Å². The molecule has 0 aliphatic heterocycles. The van der Waals surface area contributed by atoms with Gasteiger partial charge in [0, 0.05) is 0 Å². The van der Waals surface area contributed by atoms with Gasteiger partial charge in [0.2, 0.25) is 0 Å². The number of nitrogens with two attached hydrogens (primary N) is 1. The van der Waals surface area contributed by atoms with Crippen LogP contribution in [0.15, 0.2) is 47.7 Å². The fraction of sp³-hybridized carbons (Fsp3) is 0.0833. The summed E-state index contributed by atoms with van der Waals surface area (Å²) in [5, 5.41) is 4.60. The molecule has 0 fully saturated rings. The van der Waals surface area contributed by atoms with Crippen LogP contribution in [-0.4, -0.2) is 19.4 Å². The summed E-state index contributed by atoms with van der Waals surface area (Å²) in [5.74, 6) is 5.45. The van der Waals surface area contributed by atoms with Crippen LogP contribution < -0.4 is 11.4 Å². The molecule has 0 radical (unpaired) electrons. The second-order valence-corrected chi connectivity index (χ2v) is 3.98. The van der Waals surface area contributed by atoms with E-state index in [1.165, 1.54) is 12.5 Å². The van der Waals surface area contributed by atoms with Crippen LogP contribution in [0, 0.1) is 0 Å². The molecular formula is C12H11N5O. The number of hydrogen-bond donors (Lipinski definition) is 1. The predicted octanol–water partition coefficient (Wildman–Crippen LogP) is 0.355. The smallest absolute Gasteiger partial charge is 0.282 e. The fourth-order valence-corrected chi connectivity index (χ4v) is 1.85. The molecule has 2 aromatic heterocycles. The Bertz CT molecular complexity index is 744. The van der Waals surface area contributed by atoms with Gasteiger partial charge in [0.1, 0.15) is 11.7 Å². The van der Waals surface area contributed by atoms with E-state index in [-0.39, 0.29) is 5.56 Å². The van der Waals surface area contributed by atoms with E-state index < -0.39 is 0 Å². The minimum Gasteiger partial charge on any atom is -0.335 e. The van der Waals surface area contributed by atoms with Crippen molar-refractivity contribution in [1.82, 2.24) is 19.4 Å². The maximum absolute atomic E-state index is 11.7. The Morgan fingerprint density at radius 2 is 2.00 bits per heavy atom. The molecular weight excluding hydrogens is 230 g/mol. The Morgan fingerprint density at radius 1 is 1.22 bits per heavy atom. The fourth-order valence-electron chi connectivity index (χ4n) is 1.85. The first-order valence-electron chi connectivity index (χ1n) is 5.48. The van der Waals surface area contributed by atoms with Crippen molar-refractivity contribution in [2.75, 3.05) is 5.84 Å². The lowest BCUT2D eigenvalue weighted by Gasteiger charge is -2.03. The molecule has 0 amide bonds. The summed E-state index contributed by atoms with van der Waals surface area (Å²) in [7, 11) is 0. The Labute approximate surface area is 102 Å². The highest BCUT2D eigenvalue weighted by molar-refractivity contribution is 5.72. The molecule has 0 saturated heterocycles. The van der Waals surface area contributed by atoms with Crippen LogP contribution in [0.5, 0.6) is 0 Å². The van der Waals surface area contributed by atoms with Gasteiger partial charge in [0.25, 0.3) is 5.56 Å². The van der Waals surface area contributed by atoms with Crippen LogP contribution in [-0.2, 0) is 6.54 Å². The molecule has 2 heterocycles. The van der Waals surface area contributed by atoms with Gasteiger partial charge in [-0.3, -0.25) is 4.79 Å². The largest absolute Gasteiger partial charge is 0.335 e. The van der Waals surface area contributed by atoms with Crippen molar-refractivity contribution in [2.45, 2.75) is 6.54 Å². The third-order valence-electron chi connectivity index (χ3n) is 2.76. The van der Waals surface area contributed by atoms with Crippen molar-refractivity contribution < 1.29 is 0 Å². The van der Waals surface area contributed by atoms with E-state index in [2.05, 4.69) is 10.1 Å². The van der Waals surface area contributed by atoms with Crippen LogP contribution in [0.4, 0.5) is 0 Å². The van der Waals surface area contributed by atoms with Gasteiger partial charge in [-0.1, -0.05) is 30.3 Å². The average Bonchev–Trinajstić information content (AvgIpc) is 2.79. The minimum absolute atomic E-state index is 0.292. The van der Waals surface area contributed by atoms with Gasteiger partial charge in [-0.2, -0.15) is 5.10 Å². The maximum atomic E-state index is 11.7. The number of nitrogens with zero attached hydrogens (tertiary/aromatic N) is 4. The van der Waals surface area contributed by atoms with Gasteiger partial charge in [-0.05, 0) is 5.56 Å². The molecule has 0 bridgehead atoms. The maximum Gasteiger partial charge on any atom is 0.282 e. The molecule has 90 valence electrons. The molecule has 0 aliphatic rings. The van der Waals surface area contributed by atoms with Crippen LogP contribution >= 0.6 is 0 Å². The monoisotopic (exact) mass is 241 g/mol. The molecule has 3 aromatic rings. The molecule has 0 unspecified atom stereocenters. The lowest BCUT2D eigenvalue weighted by Crippen LogP contribution is -2.27. The number of nitrogen functional groups attached to an aromatic ring is 1. The van der Waals surface area contributed by atoms with E-state index in [0.717, 1.165) is 10.2 Å². The third kappa shape index (κ3) is 1.64. The molecule has 6 heteroatoms. The third-order valence-corrected chi connectivity index (χ3v) is 2.76. The van der Waals surface area contributed by atoms with Gasteiger partial charge in [0.15, 0.2) is 5.65 Å². The zero-order valence-corrected chi connectivity index (χ0v) is 9.52. The quantitative estimate of drug-likeness (QED) is 0.657. The van der Waals surface area contributed by atoms with Gasteiger partial charge < -0.3 is 5.84 Å². The summed E-state index contributed by atoms with van der Waals surface area (Å²) >= 11 is 0. The second-order valence-electron chi connectivity index (χ2n) is 3.98. The first kappa shape index (κ1) is 10.5. The zero-order chi connectivity index (χ0) is 12.5. The second kappa shape index (κ2) is 3.99. The molecule has 1 aromatic carbocycles. The number of benzene rings is 1.